The van der Waals surface area contributed by atoms with Crippen LogP contribution in [-0.4, -0.2) is 28.8 Å². The number of alkyl carbamates (subject to hydrolysis) is 1. The fraction of sp³-hybridized carbons (Fsp3) is 0.0800. The number of thiazole rings is 1. The molecule has 2 N–H and O–H groups in total. The number of carbonyl (C=O) groups is 2. The number of nitrogens with zero attached hydrogens (tertiary/aromatic N) is 1. The zero-order chi connectivity index (χ0) is 22.1. The van der Waals surface area contributed by atoms with E-state index in [0.717, 1.165) is 32.5 Å². The minimum Gasteiger partial charge on any atom is -0.477 e. The number of fused-ring (bicyclic) bond motifs is 4. The number of hydrogen-bond donors (Lipinski definition) is 2. The molecule has 1 aliphatic carbocycles. The maximum absolute atomic E-state index is 12.4. The summed E-state index contributed by atoms with van der Waals surface area (Å²) >= 11 is 1.35. The van der Waals surface area contributed by atoms with E-state index in [0.29, 0.717) is 5.01 Å². The van der Waals surface area contributed by atoms with Crippen LogP contribution in [0.1, 0.15) is 22.1 Å². The standard InChI is InChI=1S/C25H18N2O4S/c28-24(29)21(13-23-26-20-11-5-6-12-22(20)32-23)27-25(30)31-14-19-17-9-3-1-7-15(17)16-8-2-4-10-18(16)19/h1-13,19H,14H2,(H,27,30)(H,28,29)/b21-13+. The summed E-state index contributed by atoms with van der Waals surface area (Å²) in [6.07, 6.45) is 0.524. The number of para-hydroxylation sites is 1. The van der Waals surface area contributed by atoms with Gasteiger partial charge in [0.15, 0.2) is 0 Å². The lowest BCUT2D eigenvalue weighted by atomic mass is 9.98. The summed E-state index contributed by atoms with van der Waals surface area (Å²) in [6.45, 7) is 0.105. The van der Waals surface area contributed by atoms with Gasteiger partial charge in [-0.2, -0.15) is 0 Å². The molecule has 32 heavy (non-hydrogen) atoms. The summed E-state index contributed by atoms with van der Waals surface area (Å²) in [5.41, 5.74) is 4.91. The largest absolute Gasteiger partial charge is 0.477 e. The molecule has 4 aromatic rings. The van der Waals surface area contributed by atoms with E-state index in [9.17, 15) is 14.7 Å². The van der Waals surface area contributed by atoms with Gasteiger partial charge in [-0.15, -0.1) is 11.3 Å². The van der Waals surface area contributed by atoms with Crippen molar-refractivity contribution in [3.63, 3.8) is 0 Å². The van der Waals surface area contributed by atoms with Crippen LogP contribution in [0.15, 0.2) is 78.5 Å². The number of aliphatic carboxylic acids is 1. The fourth-order valence-electron chi connectivity index (χ4n) is 3.97. The van der Waals surface area contributed by atoms with Crippen molar-refractivity contribution in [2.24, 2.45) is 0 Å². The second-order valence-electron chi connectivity index (χ2n) is 7.33. The van der Waals surface area contributed by atoms with E-state index in [1.54, 1.807) is 0 Å². The molecule has 1 heterocycles. The highest BCUT2D eigenvalue weighted by atomic mass is 32.1. The van der Waals surface area contributed by atoms with Crippen LogP contribution in [0.5, 0.6) is 0 Å². The van der Waals surface area contributed by atoms with Crippen LogP contribution in [0.25, 0.3) is 27.4 Å². The molecule has 0 bridgehead atoms. The Morgan fingerprint density at radius 2 is 1.59 bits per heavy atom. The molecule has 0 radical (unpaired) electrons. The van der Waals surface area contributed by atoms with E-state index in [2.05, 4.69) is 22.4 Å². The Labute approximate surface area is 187 Å². The zero-order valence-corrected chi connectivity index (χ0v) is 17.6. The van der Waals surface area contributed by atoms with Crippen molar-refractivity contribution in [3.8, 4) is 11.1 Å². The maximum atomic E-state index is 12.4. The minimum absolute atomic E-state index is 0.102. The smallest absolute Gasteiger partial charge is 0.411 e. The maximum Gasteiger partial charge on any atom is 0.411 e. The number of carboxylic acid groups (broad SMARTS) is 1. The second-order valence-corrected chi connectivity index (χ2v) is 8.40. The minimum atomic E-state index is -1.27. The summed E-state index contributed by atoms with van der Waals surface area (Å²) in [4.78, 5) is 28.5. The predicted octanol–water partition coefficient (Wildman–Crippen LogP) is 5.26. The number of amides is 1. The molecule has 158 valence electrons. The summed E-state index contributed by atoms with van der Waals surface area (Å²) in [7, 11) is 0. The number of ether oxygens (including phenoxy) is 1. The zero-order valence-electron chi connectivity index (χ0n) is 16.8. The highest BCUT2D eigenvalue weighted by molar-refractivity contribution is 7.19. The lowest BCUT2D eigenvalue weighted by Crippen LogP contribution is -2.29. The van der Waals surface area contributed by atoms with Crippen molar-refractivity contribution in [1.82, 2.24) is 10.3 Å². The molecule has 1 aromatic heterocycles. The molecular weight excluding hydrogens is 424 g/mol. The van der Waals surface area contributed by atoms with Crippen LogP contribution >= 0.6 is 11.3 Å². The monoisotopic (exact) mass is 442 g/mol. The van der Waals surface area contributed by atoms with E-state index in [4.69, 9.17) is 4.74 Å². The third-order valence-electron chi connectivity index (χ3n) is 5.39. The van der Waals surface area contributed by atoms with Crippen LogP contribution in [0, 0.1) is 0 Å². The Morgan fingerprint density at radius 1 is 0.969 bits per heavy atom. The van der Waals surface area contributed by atoms with Crippen molar-refractivity contribution in [2.75, 3.05) is 6.61 Å². The molecule has 5 rings (SSSR count). The quantitative estimate of drug-likeness (QED) is 0.412. The lowest BCUT2D eigenvalue weighted by molar-refractivity contribution is -0.132. The van der Waals surface area contributed by atoms with Crippen molar-refractivity contribution >= 4 is 39.7 Å². The van der Waals surface area contributed by atoms with Gasteiger partial charge in [-0.1, -0.05) is 60.7 Å². The van der Waals surface area contributed by atoms with E-state index in [-0.39, 0.29) is 18.2 Å². The number of hydrogen-bond acceptors (Lipinski definition) is 5. The molecule has 0 atom stereocenters. The highest BCUT2D eigenvalue weighted by Gasteiger charge is 2.29. The van der Waals surface area contributed by atoms with Gasteiger partial charge in [-0.3, -0.25) is 5.32 Å². The van der Waals surface area contributed by atoms with Crippen LogP contribution in [0.4, 0.5) is 4.79 Å². The molecule has 0 saturated carbocycles. The van der Waals surface area contributed by atoms with E-state index in [1.807, 2.05) is 60.7 Å². The highest BCUT2D eigenvalue weighted by Crippen LogP contribution is 2.44. The van der Waals surface area contributed by atoms with Gasteiger partial charge >= 0.3 is 12.1 Å². The average Bonchev–Trinajstić information content (AvgIpc) is 3.35. The topological polar surface area (TPSA) is 88.5 Å². The molecule has 0 unspecified atom stereocenters. The first-order chi connectivity index (χ1) is 15.6. The number of aromatic nitrogens is 1. The molecular formula is C25H18N2O4S. The van der Waals surface area contributed by atoms with Gasteiger partial charge in [0.05, 0.1) is 10.2 Å². The normalized spacial score (nSPS) is 12.9. The van der Waals surface area contributed by atoms with Gasteiger partial charge < -0.3 is 9.84 Å². The van der Waals surface area contributed by atoms with E-state index in [1.165, 1.54) is 17.4 Å². The number of carbonyl (C=O) groups excluding carboxylic acids is 1. The number of carboxylic acids is 1. The summed E-state index contributed by atoms with van der Waals surface area (Å²) in [6, 6.07) is 23.6. The Kier molecular flexibility index (Phi) is 5.17. The van der Waals surface area contributed by atoms with Gasteiger partial charge in [0.1, 0.15) is 17.3 Å². The van der Waals surface area contributed by atoms with Gasteiger partial charge in [-0.25, -0.2) is 14.6 Å². The van der Waals surface area contributed by atoms with Crippen LogP contribution in [-0.2, 0) is 9.53 Å². The average molecular weight is 442 g/mol. The molecule has 7 heteroatoms. The molecule has 3 aromatic carbocycles. The van der Waals surface area contributed by atoms with Gasteiger partial charge in [-0.05, 0) is 34.4 Å². The van der Waals surface area contributed by atoms with Gasteiger partial charge in [0.25, 0.3) is 0 Å². The van der Waals surface area contributed by atoms with Gasteiger partial charge in [0.2, 0.25) is 0 Å². The third-order valence-corrected chi connectivity index (χ3v) is 6.37. The van der Waals surface area contributed by atoms with E-state index < -0.39 is 12.1 Å². The summed E-state index contributed by atoms with van der Waals surface area (Å²) < 4.78 is 6.38. The van der Waals surface area contributed by atoms with E-state index >= 15 is 0 Å². The fourth-order valence-corrected chi connectivity index (χ4v) is 4.88. The Bertz CT molecular complexity index is 1300. The lowest BCUT2D eigenvalue weighted by Gasteiger charge is -2.14. The Hall–Kier alpha value is -3.97. The Morgan fingerprint density at radius 3 is 2.25 bits per heavy atom. The van der Waals surface area contributed by atoms with Crippen molar-refractivity contribution < 1.29 is 19.4 Å². The van der Waals surface area contributed by atoms with Crippen molar-refractivity contribution in [3.05, 3.63) is 94.6 Å². The third kappa shape index (κ3) is 3.74. The first-order valence-corrected chi connectivity index (χ1v) is 10.8. The number of rotatable bonds is 5. The number of nitrogens with one attached hydrogen (secondary N) is 1. The molecule has 0 fully saturated rings. The molecule has 0 spiro atoms. The van der Waals surface area contributed by atoms with Crippen LogP contribution in [0.3, 0.4) is 0 Å². The summed E-state index contributed by atoms with van der Waals surface area (Å²) in [5, 5.41) is 12.4. The van der Waals surface area contributed by atoms with Crippen molar-refractivity contribution in [2.45, 2.75) is 5.92 Å². The summed E-state index contributed by atoms with van der Waals surface area (Å²) in [5.74, 6) is -1.37. The first-order valence-electron chi connectivity index (χ1n) is 10.0. The molecule has 0 aliphatic heterocycles. The number of benzene rings is 3. The van der Waals surface area contributed by atoms with Crippen LogP contribution < -0.4 is 5.32 Å². The SMILES string of the molecule is O=C(N/C(=C/c1nc2ccccc2s1)C(=O)O)OCC1c2ccccc2-c2ccccc21. The molecule has 0 saturated heterocycles. The van der Waals surface area contributed by atoms with Crippen LogP contribution in [0.2, 0.25) is 0 Å². The Balaban J connectivity index is 1.32. The second kappa shape index (κ2) is 8.28. The first kappa shape index (κ1) is 20.0. The molecule has 1 amide bonds. The van der Waals surface area contributed by atoms with Gasteiger partial charge in [0, 0.05) is 12.0 Å². The molecule has 1 aliphatic rings. The predicted molar refractivity (Wildman–Crippen MR) is 123 cm³/mol. The van der Waals surface area contributed by atoms with Crippen molar-refractivity contribution in [1.29, 1.82) is 0 Å². The molecule has 6 nitrogen and oxygen atoms in total.